The van der Waals surface area contributed by atoms with Gasteiger partial charge in [-0.15, -0.1) is 0 Å². The minimum atomic E-state index is -0.284. The number of benzene rings is 1. The lowest BCUT2D eigenvalue weighted by Gasteiger charge is -2.07. The predicted molar refractivity (Wildman–Crippen MR) is 89.8 cm³/mol. The van der Waals surface area contributed by atoms with Crippen molar-refractivity contribution in [2.45, 2.75) is 46.1 Å². The Morgan fingerprint density at radius 2 is 2.13 bits per heavy atom. The highest BCUT2D eigenvalue weighted by Gasteiger charge is 2.17. The van der Waals surface area contributed by atoms with Gasteiger partial charge in [-0.2, -0.15) is 5.10 Å². The first-order chi connectivity index (χ1) is 11.1. The first kappa shape index (κ1) is 15.4. The third-order valence-corrected chi connectivity index (χ3v) is 4.21. The topological polar surface area (TPSA) is 76.3 Å². The lowest BCUT2D eigenvalue weighted by molar-refractivity contribution is 0.0955. The van der Waals surface area contributed by atoms with E-state index in [0.29, 0.717) is 16.5 Å². The highest BCUT2D eigenvalue weighted by atomic mass is 16.2. The van der Waals surface area contributed by atoms with Crippen LogP contribution in [0.5, 0.6) is 0 Å². The fourth-order valence-electron chi connectivity index (χ4n) is 2.83. The minimum absolute atomic E-state index is 0.0215. The molecule has 1 aliphatic heterocycles. The summed E-state index contributed by atoms with van der Waals surface area (Å²) in [5, 5.41) is 4.68. The molecular formula is C17H20N4O2. The van der Waals surface area contributed by atoms with Gasteiger partial charge in [0.15, 0.2) is 0 Å². The van der Waals surface area contributed by atoms with E-state index in [-0.39, 0.29) is 11.5 Å². The summed E-state index contributed by atoms with van der Waals surface area (Å²) in [4.78, 5) is 29.1. The number of nitrogens with one attached hydrogen (secondary N) is 1. The van der Waals surface area contributed by atoms with Gasteiger partial charge in [0, 0.05) is 24.2 Å². The van der Waals surface area contributed by atoms with Gasteiger partial charge < -0.3 is 0 Å². The summed E-state index contributed by atoms with van der Waals surface area (Å²) in [6.07, 6.45) is 3.36. The second-order valence-electron chi connectivity index (χ2n) is 5.65. The summed E-state index contributed by atoms with van der Waals surface area (Å²) in [6.45, 7) is 4.73. The smallest absolute Gasteiger partial charge is 0.271 e. The zero-order valence-corrected chi connectivity index (χ0v) is 13.4. The Morgan fingerprint density at radius 3 is 2.87 bits per heavy atom. The Morgan fingerprint density at radius 1 is 1.35 bits per heavy atom. The van der Waals surface area contributed by atoms with Gasteiger partial charge in [0.25, 0.3) is 11.5 Å². The van der Waals surface area contributed by atoms with Crippen LogP contribution in [0.4, 0.5) is 0 Å². The van der Waals surface area contributed by atoms with Crippen molar-refractivity contribution in [3.8, 4) is 0 Å². The van der Waals surface area contributed by atoms with Gasteiger partial charge in [0.05, 0.1) is 10.9 Å². The SMILES string of the molecule is CCC(CC)=NNC(=O)c1ccc2c(=O)n3c(nc2c1)CCC3. The van der Waals surface area contributed by atoms with Crippen LogP contribution in [0.3, 0.4) is 0 Å². The molecule has 0 saturated heterocycles. The van der Waals surface area contributed by atoms with Crippen LogP contribution in [0.15, 0.2) is 28.1 Å². The van der Waals surface area contributed by atoms with Crippen LogP contribution < -0.4 is 11.0 Å². The number of hydrogen-bond acceptors (Lipinski definition) is 4. The van der Waals surface area contributed by atoms with E-state index < -0.39 is 0 Å². The number of hydrogen-bond donors (Lipinski definition) is 1. The molecular weight excluding hydrogens is 292 g/mol. The number of fused-ring (bicyclic) bond motifs is 2. The van der Waals surface area contributed by atoms with E-state index in [2.05, 4.69) is 15.5 Å². The van der Waals surface area contributed by atoms with Crippen molar-refractivity contribution in [2.75, 3.05) is 0 Å². The Hall–Kier alpha value is -2.50. The van der Waals surface area contributed by atoms with Crippen molar-refractivity contribution >= 4 is 22.5 Å². The lowest BCUT2D eigenvalue weighted by atomic mass is 10.1. The number of carbonyl (C=O) groups is 1. The van der Waals surface area contributed by atoms with Gasteiger partial charge in [-0.1, -0.05) is 13.8 Å². The molecule has 0 aliphatic carbocycles. The van der Waals surface area contributed by atoms with Crippen molar-refractivity contribution in [3.63, 3.8) is 0 Å². The van der Waals surface area contributed by atoms with Gasteiger partial charge >= 0.3 is 0 Å². The molecule has 0 fully saturated rings. The molecule has 2 aromatic rings. The number of nitrogens with zero attached hydrogens (tertiary/aromatic N) is 3. The summed E-state index contributed by atoms with van der Waals surface area (Å²) in [5.41, 5.74) is 4.52. The van der Waals surface area contributed by atoms with Crippen LogP contribution in [0.1, 0.15) is 49.3 Å². The van der Waals surface area contributed by atoms with Crippen molar-refractivity contribution in [1.82, 2.24) is 15.0 Å². The average Bonchev–Trinajstić information content (AvgIpc) is 3.04. The van der Waals surface area contributed by atoms with Gasteiger partial charge in [-0.05, 0) is 37.5 Å². The molecule has 23 heavy (non-hydrogen) atoms. The van der Waals surface area contributed by atoms with E-state index in [9.17, 15) is 9.59 Å². The standard InChI is InChI=1S/C17H20N4O2/c1-3-12(4-2)19-20-16(22)11-7-8-13-14(10-11)18-15-6-5-9-21(15)17(13)23/h7-8,10H,3-6,9H2,1-2H3,(H,20,22). The maximum Gasteiger partial charge on any atom is 0.271 e. The predicted octanol–water partition coefficient (Wildman–Crippen LogP) is 2.25. The highest BCUT2D eigenvalue weighted by molar-refractivity contribution is 5.98. The molecule has 6 nitrogen and oxygen atoms in total. The normalized spacial score (nSPS) is 13.0. The quantitative estimate of drug-likeness (QED) is 0.695. The Bertz CT molecular complexity index is 846. The average molecular weight is 312 g/mol. The summed E-state index contributed by atoms with van der Waals surface area (Å²) < 4.78 is 1.72. The second kappa shape index (κ2) is 6.32. The van der Waals surface area contributed by atoms with E-state index in [1.165, 1.54) is 0 Å². The monoisotopic (exact) mass is 312 g/mol. The maximum atomic E-state index is 12.4. The van der Waals surface area contributed by atoms with Gasteiger partial charge in [-0.25, -0.2) is 10.4 Å². The zero-order valence-electron chi connectivity index (χ0n) is 13.4. The van der Waals surface area contributed by atoms with E-state index in [4.69, 9.17) is 0 Å². The van der Waals surface area contributed by atoms with Gasteiger partial charge in [0.1, 0.15) is 5.82 Å². The fourth-order valence-corrected chi connectivity index (χ4v) is 2.83. The van der Waals surface area contributed by atoms with Crippen LogP contribution >= 0.6 is 0 Å². The Balaban J connectivity index is 1.94. The third-order valence-electron chi connectivity index (χ3n) is 4.21. The summed E-state index contributed by atoms with van der Waals surface area (Å²) in [7, 11) is 0. The fraction of sp³-hybridized carbons (Fsp3) is 0.412. The molecule has 1 N–H and O–H groups in total. The number of hydrazone groups is 1. The summed E-state index contributed by atoms with van der Waals surface area (Å²) in [5.74, 6) is 0.519. The minimum Gasteiger partial charge on any atom is -0.296 e. The number of carbonyl (C=O) groups excluding carboxylic acids is 1. The van der Waals surface area contributed by atoms with Crippen molar-refractivity contribution in [1.29, 1.82) is 0 Å². The molecule has 0 saturated carbocycles. The van der Waals surface area contributed by atoms with Crippen LogP contribution in [0, 0.1) is 0 Å². The molecule has 3 rings (SSSR count). The van der Waals surface area contributed by atoms with E-state index >= 15 is 0 Å². The molecule has 2 heterocycles. The van der Waals surface area contributed by atoms with Crippen LogP contribution in [-0.2, 0) is 13.0 Å². The third kappa shape index (κ3) is 2.88. The second-order valence-corrected chi connectivity index (χ2v) is 5.65. The Kier molecular flexibility index (Phi) is 4.23. The molecule has 0 atom stereocenters. The van der Waals surface area contributed by atoms with Crippen molar-refractivity contribution in [2.24, 2.45) is 5.10 Å². The summed E-state index contributed by atoms with van der Waals surface area (Å²) >= 11 is 0. The highest BCUT2D eigenvalue weighted by Crippen LogP contribution is 2.16. The number of aromatic nitrogens is 2. The zero-order chi connectivity index (χ0) is 16.4. The molecule has 6 heteroatoms. The van der Waals surface area contributed by atoms with Crippen molar-refractivity contribution in [3.05, 3.63) is 39.9 Å². The number of rotatable bonds is 4. The molecule has 0 radical (unpaired) electrons. The van der Waals surface area contributed by atoms with Crippen LogP contribution in [-0.4, -0.2) is 21.2 Å². The van der Waals surface area contributed by atoms with Gasteiger partial charge in [0.2, 0.25) is 0 Å². The molecule has 0 spiro atoms. The largest absolute Gasteiger partial charge is 0.296 e. The van der Waals surface area contributed by atoms with E-state index in [1.54, 1.807) is 22.8 Å². The van der Waals surface area contributed by atoms with E-state index in [1.807, 2.05) is 13.8 Å². The Labute approximate surface area is 134 Å². The molecule has 0 unspecified atom stereocenters. The molecule has 1 aromatic carbocycles. The maximum absolute atomic E-state index is 12.4. The van der Waals surface area contributed by atoms with Gasteiger partial charge in [-0.3, -0.25) is 14.2 Å². The van der Waals surface area contributed by atoms with Crippen LogP contribution in [0.25, 0.3) is 10.9 Å². The molecule has 1 aromatic heterocycles. The molecule has 120 valence electrons. The number of aryl methyl sites for hydroxylation is 1. The number of amides is 1. The van der Waals surface area contributed by atoms with E-state index in [0.717, 1.165) is 43.8 Å². The first-order valence-electron chi connectivity index (χ1n) is 8.03. The lowest BCUT2D eigenvalue weighted by Crippen LogP contribution is -2.22. The summed E-state index contributed by atoms with van der Waals surface area (Å²) in [6, 6.07) is 4.99. The first-order valence-corrected chi connectivity index (χ1v) is 8.03. The molecule has 0 bridgehead atoms. The van der Waals surface area contributed by atoms with Crippen LogP contribution in [0.2, 0.25) is 0 Å². The molecule has 1 aliphatic rings. The molecule has 1 amide bonds. The van der Waals surface area contributed by atoms with Crippen molar-refractivity contribution < 1.29 is 4.79 Å².